The number of likely N-dealkylation sites (tertiary alicyclic amines) is 1. The van der Waals surface area contributed by atoms with Gasteiger partial charge in [-0.25, -0.2) is 0 Å². The maximum absolute atomic E-state index is 12.8. The van der Waals surface area contributed by atoms with Crippen LogP contribution in [0.1, 0.15) is 44.2 Å². The minimum absolute atomic E-state index is 0.0299. The van der Waals surface area contributed by atoms with Crippen molar-refractivity contribution in [3.63, 3.8) is 0 Å². The average molecular weight is 329 g/mol. The fourth-order valence-electron chi connectivity index (χ4n) is 3.80. The van der Waals surface area contributed by atoms with Gasteiger partial charge in [0.2, 0.25) is 11.8 Å². The van der Waals surface area contributed by atoms with E-state index in [0.717, 1.165) is 24.9 Å². The monoisotopic (exact) mass is 329 g/mol. The van der Waals surface area contributed by atoms with Crippen LogP contribution < -0.4 is 5.32 Å². The fourth-order valence-corrected chi connectivity index (χ4v) is 3.80. The summed E-state index contributed by atoms with van der Waals surface area (Å²) in [7, 11) is 0. The number of nitrogens with zero attached hydrogens (tertiary/aromatic N) is 2. The molecule has 1 aromatic carbocycles. The third-order valence-corrected chi connectivity index (χ3v) is 5.19. The number of nitrogens with one attached hydrogen (secondary N) is 1. The van der Waals surface area contributed by atoms with Crippen molar-refractivity contribution in [3.8, 4) is 0 Å². The van der Waals surface area contributed by atoms with Gasteiger partial charge in [-0.1, -0.05) is 30.3 Å². The van der Waals surface area contributed by atoms with E-state index in [9.17, 15) is 9.59 Å². The quantitative estimate of drug-likeness (QED) is 0.922. The molecule has 1 aromatic rings. The molecule has 0 saturated carbocycles. The van der Waals surface area contributed by atoms with Gasteiger partial charge in [-0.3, -0.25) is 14.5 Å². The van der Waals surface area contributed by atoms with E-state index in [4.69, 9.17) is 0 Å². The molecule has 2 amide bonds. The van der Waals surface area contributed by atoms with Crippen LogP contribution in [0.3, 0.4) is 0 Å². The molecule has 0 spiro atoms. The fraction of sp³-hybridized carbons (Fsp3) is 0.579. The van der Waals surface area contributed by atoms with Crippen LogP contribution in [-0.4, -0.2) is 53.8 Å². The molecule has 2 aliphatic rings. The Morgan fingerprint density at radius 1 is 1.21 bits per heavy atom. The number of hydrogen-bond acceptors (Lipinski definition) is 3. The van der Waals surface area contributed by atoms with Gasteiger partial charge in [0.1, 0.15) is 0 Å². The molecular formula is C19H27N3O2. The van der Waals surface area contributed by atoms with Gasteiger partial charge in [-0.15, -0.1) is 0 Å². The highest BCUT2D eigenvalue weighted by molar-refractivity contribution is 5.80. The predicted molar refractivity (Wildman–Crippen MR) is 93.4 cm³/mol. The van der Waals surface area contributed by atoms with E-state index in [2.05, 4.69) is 17.1 Å². The highest BCUT2D eigenvalue weighted by Gasteiger charge is 2.30. The molecule has 5 heteroatoms. The van der Waals surface area contributed by atoms with Crippen molar-refractivity contribution in [1.29, 1.82) is 0 Å². The summed E-state index contributed by atoms with van der Waals surface area (Å²) >= 11 is 0. The van der Waals surface area contributed by atoms with E-state index in [-0.39, 0.29) is 17.9 Å². The molecule has 0 radical (unpaired) electrons. The Labute approximate surface area is 144 Å². The second kappa shape index (κ2) is 7.79. The van der Waals surface area contributed by atoms with Crippen molar-refractivity contribution in [2.75, 3.05) is 26.2 Å². The third kappa shape index (κ3) is 3.96. The molecule has 1 N–H and O–H groups in total. The lowest BCUT2D eigenvalue weighted by Gasteiger charge is -2.36. The van der Waals surface area contributed by atoms with Gasteiger partial charge >= 0.3 is 0 Å². The van der Waals surface area contributed by atoms with Crippen molar-refractivity contribution >= 4 is 11.8 Å². The summed E-state index contributed by atoms with van der Waals surface area (Å²) in [5, 5.41) is 2.93. The molecule has 2 aliphatic heterocycles. The Balaban J connectivity index is 1.75. The zero-order chi connectivity index (χ0) is 16.9. The zero-order valence-electron chi connectivity index (χ0n) is 14.4. The predicted octanol–water partition coefficient (Wildman–Crippen LogP) is 1.95. The summed E-state index contributed by atoms with van der Waals surface area (Å²) in [6, 6.07) is 10.3. The van der Waals surface area contributed by atoms with Crippen LogP contribution in [0.25, 0.3) is 0 Å². The Morgan fingerprint density at radius 2 is 2.00 bits per heavy atom. The lowest BCUT2D eigenvalue weighted by molar-refractivity contribution is -0.136. The molecule has 2 heterocycles. The van der Waals surface area contributed by atoms with Gasteiger partial charge in [0, 0.05) is 38.1 Å². The summed E-state index contributed by atoms with van der Waals surface area (Å²) in [5.74, 6) is 0.252. The largest absolute Gasteiger partial charge is 0.355 e. The SMILES string of the molecule is CC1CCCCN1C(=O)CN1CCNC(=O)CC1c1ccccc1. The smallest absolute Gasteiger partial charge is 0.237 e. The lowest BCUT2D eigenvalue weighted by atomic mass is 10.0. The Morgan fingerprint density at radius 3 is 2.75 bits per heavy atom. The Kier molecular flexibility index (Phi) is 5.51. The molecule has 2 saturated heterocycles. The first kappa shape index (κ1) is 17.0. The van der Waals surface area contributed by atoms with E-state index in [1.807, 2.05) is 35.2 Å². The van der Waals surface area contributed by atoms with Crippen molar-refractivity contribution < 1.29 is 9.59 Å². The molecule has 5 nitrogen and oxygen atoms in total. The van der Waals surface area contributed by atoms with E-state index < -0.39 is 0 Å². The maximum Gasteiger partial charge on any atom is 0.237 e. The first-order valence-electron chi connectivity index (χ1n) is 9.00. The van der Waals surface area contributed by atoms with Gasteiger partial charge in [0.15, 0.2) is 0 Å². The number of carbonyl (C=O) groups excluding carboxylic acids is 2. The molecule has 3 rings (SSSR count). The maximum atomic E-state index is 12.8. The molecule has 0 bridgehead atoms. The number of hydrogen-bond donors (Lipinski definition) is 1. The first-order chi connectivity index (χ1) is 11.6. The second-order valence-corrected chi connectivity index (χ2v) is 6.88. The number of amides is 2. The first-order valence-corrected chi connectivity index (χ1v) is 9.00. The number of rotatable bonds is 3. The number of piperidine rings is 1. The van der Waals surface area contributed by atoms with Crippen molar-refractivity contribution in [2.45, 2.75) is 44.7 Å². The summed E-state index contributed by atoms with van der Waals surface area (Å²) in [6.07, 6.45) is 3.80. The van der Waals surface area contributed by atoms with Crippen LogP contribution in [-0.2, 0) is 9.59 Å². The highest BCUT2D eigenvalue weighted by atomic mass is 16.2. The van der Waals surface area contributed by atoms with Crippen LogP contribution in [0.15, 0.2) is 30.3 Å². The topological polar surface area (TPSA) is 52.7 Å². The summed E-state index contributed by atoms with van der Waals surface area (Å²) < 4.78 is 0. The Hall–Kier alpha value is -1.88. The van der Waals surface area contributed by atoms with Crippen molar-refractivity contribution in [3.05, 3.63) is 35.9 Å². The minimum Gasteiger partial charge on any atom is -0.355 e. The zero-order valence-corrected chi connectivity index (χ0v) is 14.4. The highest BCUT2D eigenvalue weighted by Crippen LogP contribution is 2.26. The van der Waals surface area contributed by atoms with E-state index >= 15 is 0 Å². The van der Waals surface area contributed by atoms with Gasteiger partial charge < -0.3 is 10.2 Å². The molecule has 2 unspecified atom stereocenters. The summed E-state index contributed by atoms with van der Waals surface area (Å²) in [6.45, 7) is 4.70. The average Bonchev–Trinajstić information content (AvgIpc) is 2.77. The van der Waals surface area contributed by atoms with Crippen molar-refractivity contribution in [1.82, 2.24) is 15.1 Å². The van der Waals surface area contributed by atoms with Crippen molar-refractivity contribution in [2.24, 2.45) is 0 Å². The normalized spacial score (nSPS) is 25.9. The standard InChI is InChI=1S/C19H27N3O2/c1-15-7-5-6-11-22(15)19(24)14-21-12-10-20-18(23)13-17(21)16-8-3-2-4-9-16/h2-4,8-9,15,17H,5-7,10-14H2,1H3,(H,20,23). The molecular weight excluding hydrogens is 302 g/mol. The molecule has 2 atom stereocenters. The van der Waals surface area contributed by atoms with Gasteiger partial charge in [-0.2, -0.15) is 0 Å². The van der Waals surface area contributed by atoms with Crippen LogP contribution in [0, 0.1) is 0 Å². The molecule has 24 heavy (non-hydrogen) atoms. The molecule has 0 aliphatic carbocycles. The summed E-state index contributed by atoms with van der Waals surface area (Å²) in [4.78, 5) is 29.0. The number of carbonyl (C=O) groups is 2. The van der Waals surface area contributed by atoms with Gasteiger partial charge in [-0.05, 0) is 31.7 Å². The minimum atomic E-state index is -0.0299. The van der Waals surface area contributed by atoms with Gasteiger partial charge in [0.25, 0.3) is 0 Å². The third-order valence-electron chi connectivity index (χ3n) is 5.19. The van der Waals surface area contributed by atoms with E-state index in [1.165, 1.54) is 6.42 Å². The van der Waals surface area contributed by atoms with Gasteiger partial charge in [0.05, 0.1) is 6.54 Å². The molecule has 2 fully saturated rings. The van der Waals surface area contributed by atoms with Crippen LogP contribution in [0.4, 0.5) is 0 Å². The van der Waals surface area contributed by atoms with Crippen LogP contribution >= 0.6 is 0 Å². The Bertz CT molecular complexity index is 575. The summed E-state index contributed by atoms with van der Waals surface area (Å²) in [5.41, 5.74) is 1.11. The number of benzene rings is 1. The second-order valence-electron chi connectivity index (χ2n) is 6.88. The lowest BCUT2D eigenvalue weighted by Crippen LogP contribution is -2.47. The van der Waals surface area contributed by atoms with E-state index in [0.29, 0.717) is 32.1 Å². The van der Waals surface area contributed by atoms with E-state index in [1.54, 1.807) is 0 Å². The van der Waals surface area contributed by atoms with Crippen LogP contribution in [0.5, 0.6) is 0 Å². The molecule has 130 valence electrons. The van der Waals surface area contributed by atoms with Crippen LogP contribution in [0.2, 0.25) is 0 Å². The molecule has 0 aromatic heterocycles.